The van der Waals surface area contributed by atoms with Gasteiger partial charge in [-0.05, 0) is 44.3 Å². The molecule has 2 saturated heterocycles. The van der Waals surface area contributed by atoms with Crippen molar-refractivity contribution in [1.82, 2.24) is 10.2 Å². The van der Waals surface area contributed by atoms with Crippen LogP contribution in [-0.2, 0) is 0 Å². The van der Waals surface area contributed by atoms with Gasteiger partial charge in [-0.1, -0.05) is 16.6 Å². The maximum absolute atomic E-state index is 4.13. The summed E-state index contributed by atoms with van der Waals surface area (Å²) in [6, 6.07) is 1.62. The van der Waals surface area contributed by atoms with E-state index in [0.29, 0.717) is 0 Å². The Morgan fingerprint density at radius 3 is 1.94 bits per heavy atom. The summed E-state index contributed by atoms with van der Waals surface area (Å²) in [6.45, 7) is 4.04. The summed E-state index contributed by atoms with van der Waals surface area (Å²) < 4.78 is 0. The average Bonchev–Trinajstić information content (AvgIpc) is 3.16. The Morgan fingerprint density at radius 1 is 1.00 bits per heavy atom. The van der Waals surface area contributed by atoms with Gasteiger partial charge < -0.3 is 0 Å². The molecule has 0 aromatic heterocycles. The third kappa shape index (κ3) is 1.46. The summed E-state index contributed by atoms with van der Waals surface area (Å²) in [5.41, 5.74) is 0. The number of rotatable bonds is 1. The van der Waals surface area contributed by atoms with Crippen molar-refractivity contribution < 1.29 is 0 Å². The second-order valence-corrected chi connectivity index (χ2v) is 17.1. The highest BCUT2D eigenvalue weighted by atomic mass is 32.8. The van der Waals surface area contributed by atoms with Gasteiger partial charge in [0.25, 0.3) is 0 Å². The van der Waals surface area contributed by atoms with Gasteiger partial charge in [-0.25, -0.2) is 0 Å². The van der Waals surface area contributed by atoms with E-state index in [4.69, 9.17) is 0 Å². The lowest BCUT2D eigenvalue weighted by Crippen LogP contribution is -2.31. The molecular weight excluding hydrogens is 247 g/mol. The van der Waals surface area contributed by atoms with Crippen LogP contribution in [0.5, 0.6) is 0 Å². The summed E-state index contributed by atoms with van der Waals surface area (Å²) in [6.07, 6.45) is 9.91. The zero-order valence-electron chi connectivity index (χ0n) is 11.3. The Kier molecular flexibility index (Phi) is 2.32. The van der Waals surface area contributed by atoms with E-state index in [-0.39, 0.29) is 9.65 Å². The minimum absolute atomic E-state index is 0.228. The monoisotopic (exact) mass is 273 g/mol. The van der Waals surface area contributed by atoms with E-state index in [1.807, 2.05) is 0 Å². The quantitative estimate of drug-likeness (QED) is 0.566. The molecule has 0 radical (unpaired) electrons. The van der Waals surface area contributed by atoms with Gasteiger partial charge in [0.2, 0.25) is 0 Å². The van der Waals surface area contributed by atoms with Gasteiger partial charge in [0.15, 0.2) is 6.77 Å². The molecule has 2 heterocycles. The van der Waals surface area contributed by atoms with Crippen LogP contribution in [0.15, 0.2) is 0 Å². The molecular formula is C13H26N2PS+. The summed E-state index contributed by atoms with van der Waals surface area (Å²) in [5, 5.41) is 10.6. The predicted octanol–water partition coefficient (Wildman–Crippen LogP) is 3.11. The molecule has 4 unspecified atom stereocenters. The lowest BCUT2D eigenvalue weighted by Gasteiger charge is -2.33. The molecule has 2 N–H and O–H groups in total. The molecule has 0 amide bonds. The molecule has 17 heavy (non-hydrogen) atoms. The van der Waals surface area contributed by atoms with Crippen LogP contribution in [0.2, 0.25) is 0 Å². The average molecular weight is 273 g/mol. The van der Waals surface area contributed by atoms with Crippen LogP contribution < -0.4 is 10.2 Å². The van der Waals surface area contributed by atoms with E-state index in [2.05, 4.69) is 30.0 Å². The fourth-order valence-corrected chi connectivity index (χ4v) is 17.0. The molecule has 0 aromatic rings. The van der Waals surface area contributed by atoms with E-state index in [0.717, 1.165) is 18.0 Å². The van der Waals surface area contributed by atoms with Gasteiger partial charge in [-0.3, -0.25) is 0 Å². The van der Waals surface area contributed by atoms with Crippen molar-refractivity contribution in [2.45, 2.75) is 61.6 Å². The van der Waals surface area contributed by atoms with Gasteiger partial charge in [0, 0.05) is 10.5 Å². The summed E-state index contributed by atoms with van der Waals surface area (Å²) in [5.74, 6) is 0.950. The van der Waals surface area contributed by atoms with Crippen molar-refractivity contribution in [3.05, 3.63) is 0 Å². The smallest absolute Gasteiger partial charge is 0.163 e. The number of hydrogen-bond donors (Lipinski definition) is 2. The summed E-state index contributed by atoms with van der Waals surface area (Å²) >= 11 is 0. The Labute approximate surface area is 107 Å². The molecule has 2 aliphatic carbocycles. The normalized spacial score (nSPS) is 68.5. The van der Waals surface area contributed by atoms with Crippen molar-refractivity contribution in [1.29, 1.82) is 0 Å². The van der Waals surface area contributed by atoms with Crippen LogP contribution >= 0.6 is 16.4 Å². The zero-order chi connectivity index (χ0) is 11.8. The SMILES string of the molecule is CC1CCC2N[P+](C)(S3(C)C4CC43)NC2CC1. The van der Waals surface area contributed by atoms with Crippen molar-refractivity contribution in [2.75, 3.05) is 12.9 Å². The molecule has 4 rings (SSSR count). The Balaban J connectivity index is 1.52. The second kappa shape index (κ2) is 3.42. The minimum atomic E-state index is -0.960. The molecule has 2 nitrogen and oxygen atoms in total. The van der Waals surface area contributed by atoms with Crippen LogP contribution in [0.3, 0.4) is 0 Å². The van der Waals surface area contributed by atoms with Crippen molar-refractivity contribution >= 4 is 16.4 Å². The largest absolute Gasteiger partial charge is 0.182 e. The van der Waals surface area contributed by atoms with Crippen LogP contribution in [0.25, 0.3) is 0 Å². The van der Waals surface area contributed by atoms with Gasteiger partial charge in [-0.2, -0.15) is 10.2 Å². The number of nitrogens with one attached hydrogen (secondary N) is 2. The van der Waals surface area contributed by atoms with Crippen molar-refractivity contribution in [3.8, 4) is 0 Å². The van der Waals surface area contributed by atoms with Crippen molar-refractivity contribution in [2.24, 2.45) is 5.92 Å². The maximum Gasteiger partial charge on any atom is 0.182 e. The highest BCUT2D eigenvalue weighted by Gasteiger charge is 2.83. The first-order chi connectivity index (χ1) is 8.04. The Hall–Kier alpha value is 0.700. The third-order valence-electron chi connectivity index (χ3n) is 5.86. The van der Waals surface area contributed by atoms with E-state index >= 15 is 0 Å². The first kappa shape index (κ1) is 11.5. The minimum Gasteiger partial charge on any atom is -0.163 e. The van der Waals surface area contributed by atoms with E-state index < -0.39 is 6.77 Å². The molecule has 0 aromatic carbocycles. The van der Waals surface area contributed by atoms with E-state index in [1.165, 1.54) is 36.2 Å². The molecule has 98 valence electrons. The molecule has 2 saturated carbocycles. The molecule has 4 atom stereocenters. The van der Waals surface area contributed by atoms with Crippen LogP contribution in [0.4, 0.5) is 0 Å². The van der Waals surface area contributed by atoms with Gasteiger partial charge >= 0.3 is 0 Å². The third-order valence-corrected chi connectivity index (χ3v) is 19.2. The Bertz CT molecular complexity index is 337. The topological polar surface area (TPSA) is 24.1 Å². The molecule has 0 spiro atoms. The fraction of sp³-hybridized carbons (Fsp3) is 1.00. The lowest BCUT2D eigenvalue weighted by molar-refractivity contribution is 0.484. The molecule has 0 bridgehead atoms. The predicted molar refractivity (Wildman–Crippen MR) is 80.0 cm³/mol. The Morgan fingerprint density at radius 2 is 1.53 bits per heavy atom. The van der Waals surface area contributed by atoms with Crippen molar-refractivity contribution in [3.63, 3.8) is 0 Å². The highest BCUT2D eigenvalue weighted by molar-refractivity contribution is 8.86. The molecule has 2 aliphatic heterocycles. The molecule has 4 fully saturated rings. The molecule has 4 aliphatic rings. The number of hydrogen-bond acceptors (Lipinski definition) is 2. The summed E-state index contributed by atoms with van der Waals surface area (Å²) in [4.78, 5) is 0. The maximum atomic E-state index is 4.13. The standard InChI is InChI=1S/C13H26N2PS/c1-9-4-6-10-11(7-5-9)15-16(2,14-10)17(3)12-8-13(12)17/h9-15H,4-8H2,1-3H3/q+1. The van der Waals surface area contributed by atoms with Crippen LogP contribution in [0.1, 0.15) is 39.0 Å². The fourth-order valence-electron chi connectivity index (χ4n) is 4.18. The highest BCUT2D eigenvalue weighted by Crippen LogP contribution is 3.05. The zero-order valence-corrected chi connectivity index (χ0v) is 13.0. The van der Waals surface area contributed by atoms with Gasteiger partial charge in [0.1, 0.15) is 0 Å². The van der Waals surface area contributed by atoms with Crippen LogP contribution in [-0.4, -0.2) is 35.5 Å². The van der Waals surface area contributed by atoms with Gasteiger partial charge in [-0.15, -0.1) is 0 Å². The first-order valence-electron chi connectivity index (χ1n) is 7.23. The van der Waals surface area contributed by atoms with Crippen LogP contribution in [0, 0.1) is 5.92 Å². The van der Waals surface area contributed by atoms with E-state index in [1.54, 1.807) is 6.42 Å². The summed E-state index contributed by atoms with van der Waals surface area (Å²) in [7, 11) is -0.228. The van der Waals surface area contributed by atoms with E-state index in [9.17, 15) is 0 Å². The first-order valence-corrected chi connectivity index (χ1v) is 12.2. The lowest BCUT2D eigenvalue weighted by atomic mass is 10.0. The van der Waals surface area contributed by atoms with Gasteiger partial charge in [0.05, 0.1) is 18.7 Å². The second-order valence-electron chi connectivity index (χ2n) is 6.97. The number of fused-ring (bicyclic) bond motifs is 2. The molecule has 4 heteroatoms.